The minimum atomic E-state index is -0.285. The molecule has 0 N–H and O–H groups in total. The standard InChI is InChI=1S/C13H23BO2/c1-9(2)11(10(3)4)14-15-12(5,6)13(7,8)16-14/h1H2,2-8H3. The summed E-state index contributed by atoms with van der Waals surface area (Å²) in [5, 5.41) is 0. The predicted octanol–water partition coefficient (Wildman–Crippen LogP) is 3.53. The van der Waals surface area contributed by atoms with Crippen LogP contribution in [-0.4, -0.2) is 18.3 Å². The van der Waals surface area contributed by atoms with Crippen LogP contribution in [0.1, 0.15) is 48.5 Å². The van der Waals surface area contributed by atoms with Gasteiger partial charge in [0.1, 0.15) is 0 Å². The summed E-state index contributed by atoms with van der Waals surface area (Å²) in [4.78, 5) is 0. The van der Waals surface area contributed by atoms with Crippen LogP contribution in [0.3, 0.4) is 0 Å². The zero-order valence-electron chi connectivity index (χ0n) is 11.6. The lowest BCUT2D eigenvalue weighted by Crippen LogP contribution is -2.41. The van der Waals surface area contributed by atoms with Crippen LogP contribution < -0.4 is 0 Å². The van der Waals surface area contributed by atoms with Gasteiger partial charge in [-0.3, -0.25) is 0 Å². The van der Waals surface area contributed by atoms with E-state index in [0.29, 0.717) is 0 Å². The number of rotatable bonds is 2. The quantitative estimate of drug-likeness (QED) is 0.525. The van der Waals surface area contributed by atoms with E-state index < -0.39 is 0 Å². The van der Waals surface area contributed by atoms with Gasteiger partial charge in [0.15, 0.2) is 0 Å². The van der Waals surface area contributed by atoms with Gasteiger partial charge in [0, 0.05) is 0 Å². The molecule has 0 aliphatic carbocycles. The maximum absolute atomic E-state index is 6.01. The number of hydrogen-bond acceptors (Lipinski definition) is 2. The minimum Gasteiger partial charge on any atom is -0.399 e. The molecule has 2 nitrogen and oxygen atoms in total. The van der Waals surface area contributed by atoms with E-state index in [1.54, 1.807) is 0 Å². The largest absolute Gasteiger partial charge is 0.495 e. The average molecular weight is 222 g/mol. The molecule has 0 aromatic carbocycles. The van der Waals surface area contributed by atoms with Gasteiger partial charge in [-0.25, -0.2) is 0 Å². The molecule has 0 amide bonds. The highest BCUT2D eigenvalue weighted by Gasteiger charge is 2.52. The van der Waals surface area contributed by atoms with Crippen molar-refractivity contribution >= 4 is 7.12 Å². The Labute approximate surface area is 99.9 Å². The lowest BCUT2D eigenvalue weighted by atomic mass is 9.72. The van der Waals surface area contributed by atoms with E-state index in [1.165, 1.54) is 5.57 Å². The van der Waals surface area contributed by atoms with E-state index in [1.807, 2.05) is 6.92 Å². The van der Waals surface area contributed by atoms with Gasteiger partial charge < -0.3 is 9.31 Å². The molecule has 0 spiro atoms. The molecule has 16 heavy (non-hydrogen) atoms. The van der Waals surface area contributed by atoms with Crippen molar-refractivity contribution in [1.82, 2.24) is 0 Å². The molecule has 3 heteroatoms. The molecule has 1 aliphatic rings. The smallest absolute Gasteiger partial charge is 0.399 e. The maximum atomic E-state index is 6.01. The first-order chi connectivity index (χ1) is 7.08. The summed E-state index contributed by atoms with van der Waals surface area (Å²) in [7, 11) is -0.285. The molecular formula is C13H23BO2. The SMILES string of the molecule is C=C(C)C(B1OC(C)(C)C(C)(C)O1)=C(C)C. The third-order valence-electron chi connectivity index (χ3n) is 3.49. The number of allylic oxidation sites excluding steroid dienone is 3. The van der Waals surface area contributed by atoms with Crippen LogP contribution in [0.15, 0.2) is 23.2 Å². The molecule has 1 aliphatic heterocycles. The molecule has 1 saturated heterocycles. The lowest BCUT2D eigenvalue weighted by Gasteiger charge is -2.32. The van der Waals surface area contributed by atoms with Gasteiger partial charge in [-0.15, -0.1) is 0 Å². The van der Waals surface area contributed by atoms with E-state index in [9.17, 15) is 0 Å². The molecule has 1 rings (SSSR count). The van der Waals surface area contributed by atoms with Crippen LogP contribution in [0.2, 0.25) is 0 Å². The highest BCUT2D eigenvalue weighted by Crippen LogP contribution is 2.40. The molecule has 1 fully saturated rings. The topological polar surface area (TPSA) is 18.5 Å². The van der Waals surface area contributed by atoms with Crippen LogP contribution in [-0.2, 0) is 9.31 Å². The van der Waals surface area contributed by atoms with Crippen LogP contribution in [0.5, 0.6) is 0 Å². The zero-order chi connectivity index (χ0) is 12.7. The summed E-state index contributed by atoms with van der Waals surface area (Å²) in [6, 6.07) is 0. The summed E-state index contributed by atoms with van der Waals surface area (Å²) < 4.78 is 12.0. The molecule has 1 heterocycles. The van der Waals surface area contributed by atoms with Crippen LogP contribution >= 0.6 is 0 Å². The van der Waals surface area contributed by atoms with Crippen molar-refractivity contribution in [3.05, 3.63) is 23.2 Å². The third kappa shape index (κ3) is 2.25. The summed E-state index contributed by atoms with van der Waals surface area (Å²) in [6.07, 6.45) is 0. The van der Waals surface area contributed by atoms with Crippen molar-refractivity contribution in [3.8, 4) is 0 Å². The van der Waals surface area contributed by atoms with Gasteiger partial charge in [0.05, 0.1) is 11.2 Å². The highest BCUT2D eigenvalue weighted by molar-refractivity contribution is 6.56. The molecule has 0 aromatic rings. The van der Waals surface area contributed by atoms with Crippen molar-refractivity contribution in [3.63, 3.8) is 0 Å². The van der Waals surface area contributed by atoms with Crippen LogP contribution in [0.25, 0.3) is 0 Å². The first kappa shape index (κ1) is 13.5. The van der Waals surface area contributed by atoms with E-state index in [-0.39, 0.29) is 18.3 Å². The Bertz CT molecular complexity index is 320. The van der Waals surface area contributed by atoms with Crippen molar-refractivity contribution in [2.45, 2.75) is 59.7 Å². The monoisotopic (exact) mass is 222 g/mol. The molecule has 0 atom stereocenters. The fourth-order valence-corrected chi connectivity index (χ4v) is 1.82. The van der Waals surface area contributed by atoms with Gasteiger partial charge in [0.25, 0.3) is 0 Å². The third-order valence-corrected chi connectivity index (χ3v) is 3.49. The second-order valence-corrected chi connectivity index (χ2v) is 5.78. The van der Waals surface area contributed by atoms with Gasteiger partial charge >= 0.3 is 7.12 Å². The maximum Gasteiger partial charge on any atom is 0.495 e. The summed E-state index contributed by atoms with van der Waals surface area (Å²) >= 11 is 0. The van der Waals surface area contributed by atoms with Gasteiger partial charge in [-0.2, -0.15) is 0 Å². The summed E-state index contributed by atoms with van der Waals surface area (Å²) in [6.45, 7) is 18.4. The van der Waals surface area contributed by atoms with E-state index in [4.69, 9.17) is 9.31 Å². The normalized spacial score (nSPS) is 22.1. The fourth-order valence-electron chi connectivity index (χ4n) is 1.82. The molecule has 0 saturated carbocycles. The predicted molar refractivity (Wildman–Crippen MR) is 69.3 cm³/mol. The molecule has 0 unspecified atom stereocenters. The first-order valence-corrected chi connectivity index (χ1v) is 5.77. The Morgan fingerprint density at radius 1 is 0.938 bits per heavy atom. The van der Waals surface area contributed by atoms with Gasteiger partial charge in [-0.05, 0) is 53.9 Å². The Hall–Kier alpha value is -0.535. The Morgan fingerprint density at radius 3 is 1.56 bits per heavy atom. The second kappa shape index (κ2) is 4.04. The average Bonchev–Trinajstić information content (AvgIpc) is 2.17. The van der Waals surface area contributed by atoms with E-state index in [2.05, 4.69) is 48.1 Å². The second-order valence-electron chi connectivity index (χ2n) is 5.78. The molecular weight excluding hydrogens is 199 g/mol. The van der Waals surface area contributed by atoms with Crippen molar-refractivity contribution in [2.24, 2.45) is 0 Å². The fraction of sp³-hybridized carbons (Fsp3) is 0.692. The molecule has 90 valence electrons. The Balaban J connectivity index is 3.04. The molecule has 0 aromatic heterocycles. The minimum absolute atomic E-state index is 0.284. The summed E-state index contributed by atoms with van der Waals surface area (Å²) in [5.74, 6) is 0. The number of hydrogen-bond donors (Lipinski definition) is 0. The van der Waals surface area contributed by atoms with E-state index in [0.717, 1.165) is 11.0 Å². The molecule has 0 radical (unpaired) electrons. The van der Waals surface area contributed by atoms with E-state index >= 15 is 0 Å². The van der Waals surface area contributed by atoms with Crippen LogP contribution in [0, 0.1) is 0 Å². The lowest BCUT2D eigenvalue weighted by molar-refractivity contribution is 0.00578. The van der Waals surface area contributed by atoms with Gasteiger partial charge in [0.2, 0.25) is 0 Å². The van der Waals surface area contributed by atoms with Crippen molar-refractivity contribution in [1.29, 1.82) is 0 Å². The molecule has 0 bridgehead atoms. The van der Waals surface area contributed by atoms with Gasteiger partial charge in [-0.1, -0.05) is 17.7 Å². The van der Waals surface area contributed by atoms with Crippen LogP contribution in [0.4, 0.5) is 0 Å². The summed E-state index contributed by atoms with van der Waals surface area (Å²) in [5.41, 5.74) is 2.73. The first-order valence-electron chi connectivity index (χ1n) is 5.77. The highest BCUT2D eigenvalue weighted by atomic mass is 16.7. The van der Waals surface area contributed by atoms with Crippen molar-refractivity contribution < 1.29 is 9.31 Å². The van der Waals surface area contributed by atoms with Crippen molar-refractivity contribution in [2.75, 3.05) is 0 Å². The Kier molecular flexibility index (Phi) is 3.42. The Morgan fingerprint density at radius 2 is 1.31 bits per heavy atom. The zero-order valence-corrected chi connectivity index (χ0v) is 11.6.